The third-order valence-electron chi connectivity index (χ3n) is 8.19. The van der Waals surface area contributed by atoms with Crippen LogP contribution in [0.2, 0.25) is 0 Å². The maximum atomic E-state index is 12.3. The average Bonchev–Trinajstić information content (AvgIpc) is 3.48. The lowest BCUT2D eigenvalue weighted by atomic mass is 9.99. The molecular formula is C32H45N3O7. The van der Waals surface area contributed by atoms with Gasteiger partial charge in [0.2, 0.25) is 11.8 Å². The molecule has 42 heavy (non-hydrogen) atoms. The van der Waals surface area contributed by atoms with Crippen LogP contribution in [-0.2, 0) is 32.2 Å². The van der Waals surface area contributed by atoms with E-state index in [1.807, 2.05) is 48.5 Å². The van der Waals surface area contributed by atoms with Crippen molar-refractivity contribution >= 4 is 11.8 Å². The molecule has 0 bridgehead atoms. The quantitative estimate of drug-likeness (QED) is 0.122. The standard InChI is InChI=1S/C32H45N3O7/c36-21-24-11-13-25(14-12-24)29-18-28(20-35-17-5-6-27(35)22-37)41-32(42-29)26-15-9-23(10-16-26)19-33-30(38)7-3-1-2-4-8-31(39)34-40/h9-16,27-29,32,36-37,40H,1-8,17-22H2,(H,33,38)(H,34,39). The van der Waals surface area contributed by atoms with Crippen molar-refractivity contribution in [1.29, 1.82) is 0 Å². The number of hydroxylamine groups is 1. The number of nitrogens with zero attached hydrogens (tertiary/aromatic N) is 1. The first kappa shape index (κ1) is 32.1. The molecule has 0 aliphatic carbocycles. The molecule has 230 valence electrons. The summed E-state index contributed by atoms with van der Waals surface area (Å²) in [5.74, 6) is -0.390. The minimum absolute atomic E-state index is 0.00211. The molecular weight excluding hydrogens is 538 g/mol. The van der Waals surface area contributed by atoms with Gasteiger partial charge in [0.05, 0.1) is 25.4 Å². The molecule has 10 nitrogen and oxygen atoms in total. The molecule has 2 heterocycles. The molecule has 0 saturated carbocycles. The van der Waals surface area contributed by atoms with Crippen LogP contribution in [0.4, 0.5) is 0 Å². The second-order valence-corrected chi connectivity index (χ2v) is 11.3. The highest BCUT2D eigenvalue weighted by Gasteiger charge is 2.35. The lowest BCUT2D eigenvalue weighted by molar-refractivity contribution is -0.253. The van der Waals surface area contributed by atoms with Crippen molar-refractivity contribution in [3.8, 4) is 0 Å². The number of nitrogens with one attached hydrogen (secondary N) is 2. The van der Waals surface area contributed by atoms with Crippen LogP contribution in [-0.4, -0.2) is 64.0 Å². The number of aliphatic hydroxyl groups is 2. The molecule has 0 radical (unpaired) electrons. The van der Waals surface area contributed by atoms with Crippen LogP contribution in [0.15, 0.2) is 48.5 Å². The van der Waals surface area contributed by atoms with Crippen LogP contribution in [0.25, 0.3) is 0 Å². The van der Waals surface area contributed by atoms with E-state index in [1.165, 1.54) is 0 Å². The molecule has 4 atom stereocenters. The maximum absolute atomic E-state index is 12.3. The summed E-state index contributed by atoms with van der Waals surface area (Å²) >= 11 is 0. The summed E-state index contributed by atoms with van der Waals surface area (Å²) in [6, 6.07) is 15.9. The first-order chi connectivity index (χ1) is 20.5. The Morgan fingerprint density at radius 1 is 0.857 bits per heavy atom. The molecule has 2 aliphatic rings. The summed E-state index contributed by atoms with van der Waals surface area (Å²) in [6.07, 6.45) is 5.86. The summed E-state index contributed by atoms with van der Waals surface area (Å²) in [7, 11) is 0. The highest BCUT2D eigenvalue weighted by molar-refractivity contribution is 5.75. The number of carbonyl (C=O) groups excluding carboxylic acids is 2. The fourth-order valence-electron chi connectivity index (χ4n) is 5.70. The Labute approximate surface area is 248 Å². The summed E-state index contributed by atoms with van der Waals surface area (Å²) in [6.45, 7) is 2.27. The van der Waals surface area contributed by atoms with Gasteiger partial charge in [-0.15, -0.1) is 0 Å². The zero-order valence-electron chi connectivity index (χ0n) is 24.2. The van der Waals surface area contributed by atoms with Gasteiger partial charge >= 0.3 is 0 Å². The number of amides is 2. The number of hydrogen-bond donors (Lipinski definition) is 5. The van der Waals surface area contributed by atoms with E-state index in [0.29, 0.717) is 25.8 Å². The van der Waals surface area contributed by atoms with E-state index in [1.54, 1.807) is 5.48 Å². The van der Waals surface area contributed by atoms with E-state index in [2.05, 4.69) is 10.2 Å². The molecule has 2 aromatic carbocycles. The number of ether oxygens (including phenoxy) is 2. The normalized spacial score (nSPS) is 22.6. The van der Waals surface area contributed by atoms with Gasteiger partial charge in [0, 0.05) is 44.0 Å². The lowest BCUT2D eigenvalue weighted by Gasteiger charge is -2.38. The molecule has 2 aromatic rings. The number of hydrogen-bond acceptors (Lipinski definition) is 8. The van der Waals surface area contributed by atoms with Gasteiger partial charge in [-0.3, -0.25) is 19.7 Å². The maximum Gasteiger partial charge on any atom is 0.243 e. The van der Waals surface area contributed by atoms with Crippen molar-refractivity contribution in [3.63, 3.8) is 0 Å². The number of unbranched alkanes of at least 4 members (excludes halogenated alkanes) is 3. The molecule has 2 amide bonds. The van der Waals surface area contributed by atoms with E-state index in [-0.39, 0.29) is 49.7 Å². The highest BCUT2D eigenvalue weighted by atomic mass is 16.7. The Balaban J connectivity index is 1.30. The van der Waals surface area contributed by atoms with Gasteiger partial charge in [0.15, 0.2) is 6.29 Å². The third kappa shape index (κ3) is 9.58. The minimum Gasteiger partial charge on any atom is -0.395 e. The van der Waals surface area contributed by atoms with Crippen LogP contribution in [0.1, 0.15) is 92.4 Å². The molecule has 4 unspecified atom stereocenters. The number of benzene rings is 2. The summed E-state index contributed by atoms with van der Waals surface area (Å²) in [4.78, 5) is 25.6. The predicted octanol–water partition coefficient (Wildman–Crippen LogP) is 3.64. The van der Waals surface area contributed by atoms with Crippen LogP contribution >= 0.6 is 0 Å². The van der Waals surface area contributed by atoms with Gasteiger partial charge in [-0.1, -0.05) is 61.4 Å². The van der Waals surface area contributed by atoms with Crippen LogP contribution < -0.4 is 10.8 Å². The Morgan fingerprint density at radius 2 is 1.52 bits per heavy atom. The van der Waals surface area contributed by atoms with Gasteiger partial charge in [0.1, 0.15) is 0 Å². The minimum atomic E-state index is -0.548. The van der Waals surface area contributed by atoms with E-state index in [0.717, 1.165) is 67.4 Å². The van der Waals surface area contributed by atoms with Gasteiger partial charge in [-0.25, -0.2) is 5.48 Å². The molecule has 10 heteroatoms. The second-order valence-electron chi connectivity index (χ2n) is 11.3. The van der Waals surface area contributed by atoms with E-state index in [4.69, 9.17) is 14.7 Å². The van der Waals surface area contributed by atoms with Crippen LogP contribution in [0.5, 0.6) is 0 Å². The fraction of sp³-hybridized carbons (Fsp3) is 0.562. The van der Waals surface area contributed by atoms with Gasteiger partial charge < -0.3 is 25.0 Å². The Bertz CT molecular complexity index is 1110. The van der Waals surface area contributed by atoms with E-state index in [9.17, 15) is 19.8 Å². The highest BCUT2D eigenvalue weighted by Crippen LogP contribution is 2.38. The van der Waals surface area contributed by atoms with Crippen LogP contribution in [0.3, 0.4) is 0 Å². The molecule has 2 aliphatic heterocycles. The Kier molecular flexibility index (Phi) is 12.7. The summed E-state index contributed by atoms with van der Waals surface area (Å²) in [5, 5.41) is 30.7. The topological polar surface area (TPSA) is 141 Å². The van der Waals surface area contributed by atoms with E-state index < -0.39 is 6.29 Å². The number of rotatable bonds is 15. The van der Waals surface area contributed by atoms with Crippen LogP contribution in [0, 0.1) is 0 Å². The van der Waals surface area contributed by atoms with Gasteiger partial charge in [-0.2, -0.15) is 0 Å². The molecule has 2 fully saturated rings. The Hall–Kier alpha value is -2.86. The van der Waals surface area contributed by atoms with Gasteiger partial charge in [-0.05, 0) is 48.9 Å². The first-order valence-electron chi connectivity index (χ1n) is 15.1. The average molecular weight is 584 g/mol. The fourth-order valence-corrected chi connectivity index (χ4v) is 5.70. The molecule has 0 spiro atoms. The van der Waals surface area contributed by atoms with Crippen molar-refractivity contribution in [2.45, 2.75) is 95.5 Å². The molecule has 2 saturated heterocycles. The van der Waals surface area contributed by atoms with Crippen molar-refractivity contribution in [2.24, 2.45) is 0 Å². The van der Waals surface area contributed by atoms with Crippen molar-refractivity contribution in [2.75, 3.05) is 19.7 Å². The van der Waals surface area contributed by atoms with Gasteiger partial charge in [0.25, 0.3) is 0 Å². The SMILES string of the molecule is O=C(CCCCCCC(=O)NCc1ccc(C2OC(CN3CCCC3CO)CC(c3ccc(CO)cc3)O2)cc1)NO. The van der Waals surface area contributed by atoms with Crippen molar-refractivity contribution in [1.82, 2.24) is 15.7 Å². The zero-order chi connectivity index (χ0) is 29.7. The predicted molar refractivity (Wildman–Crippen MR) is 156 cm³/mol. The van der Waals surface area contributed by atoms with Crippen molar-refractivity contribution in [3.05, 3.63) is 70.8 Å². The smallest absolute Gasteiger partial charge is 0.243 e. The lowest BCUT2D eigenvalue weighted by Crippen LogP contribution is -2.42. The van der Waals surface area contributed by atoms with E-state index >= 15 is 0 Å². The largest absolute Gasteiger partial charge is 0.395 e. The summed E-state index contributed by atoms with van der Waals surface area (Å²) < 4.78 is 12.9. The van der Waals surface area contributed by atoms with Crippen molar-refractivity contribution < 1.29 is 34.5 Å². The zero-order valence-corrected chi connectivity index (χ0v) is 24.2. The Morgan fingerprint density at radius 3 is 2.19 bits per heavy atom. The number of aliphatic hydroxyl groups excluding tert-OH is 2. The summed E-state index contributed by atoms with van der Waals surface area (Å²) in [5.41, 5.74) is 5.41. The third-order valence-corrected chi connectivity index (χ3v) is 8.19. The first-order valence-corrected chi connectivity index (χ1v) is 15.1. The molecule has 4 rings (SSSR count). The number of likely N-dealkylation sites (tertiary alicyclic amines) is 1. The molecule has 0 aromatic heterocycles. The molecule has 5 N–H and O–H groups in total. The monoisotopic (exact) mass is 583 g/mol. The second kappa shape index (κ2) is 16.7. The number of carbonyl (C=O) groups is 2.